The number of halogens is 3. The number of benzene rings is 2. The van der Waals surface area contributed by atoms with Crippen LogP contribution in [-0.4, -0.2) is 21.3 Å². The Labute approximate surface area is 242 Å². The van der Waals surface area contributed by atoms with Gasteiger partial charge in [-0.05, 0) is 79.6 Å². The van der Waals surface area contributed by atoms with Crippen molar-refractivity contribution in [1.82, 2.24) is 4.57 Å². The van der Waals surface area contributed by atoms with Crippen LogP contribution in [0.1, 0.15) is 79.5 Å². The predicted molar refractivity (Wildman–Crippen MR) is 160 cm³/mol. The summed E-state index contributed by atoms with van der Waals surface area (Å²) in [5.74, 6) is -1.37. The maximum absolute atomic E-state index is 15.0. The van der Waals surface area contributed by atoms with Gasteiger partial charge in [0.1, 0.15) is 16.7 Å². The average molecular weight is 580 g/mol. The van der Waals surface area contributed by atoms with Crippen molar-refractivity contribution in [3.05, 3.63) is 116 Å². The summed E-state index contributed by atoms with van der Waals surface area (Å²) in [7, 11) is 0. The lowest BCUT2D eigenvalue weighted by Gasteiger charge is -2.11. The van der Waals surface area contributed by atoms with Gasteiger partial charge in [-0.2, -0.15) is 0 Å². The van der Waals surface area contributed by atoms with Gasteiger partial charge in [-0.3, -0.25) is 19.1 Å². The van der Waals surface area contributed by atoms with Gasteiger partial charge in [0.15, 0.2) is 6.10 Å². The number of aliphatic imine (C=N–C) groups is 1. The van der Waals surface area contributed by atoms with E-state index in [-0.39, 0.29) is 39.5 Å². The Morgan fingerprint density at radius 2 is 1.80 bits per heavy atom. The standard InChI is InChI=1S/C29H24ClF2N3O3.C3H8/c1-3-9-33-24(21-14-25-22(13-23(21)32)27(36)28(37)34-25)8-10-35-15(2)11-20(26(30)29(35)38)19-12-18(19)16-4-6-17(31)7-5-16;1-3-2/h3-11,13-14,18-19,27,36H,12H2,1-2H3,(H,34,37);3H2,1-2H3/b9-3+,10-8+,33-24-;. The van der Waals surface area contributed by atoms with Crippen LogP contribution in [0.4, 0.5) is 14.5 Å². The monoisotopic (exact) mass is 579 g/mol. The Hall–Kier alpha value is -3.88. The van der Waals surface area contributed by atoms with Crippen molar-refractivity contribution >= 4 is 35.1 Å². The number of aromatic nitrogens is 1. The summed E-state index contributed by atoms with van der Waals surface area (Å²) < 4.78 is 29.7. The Balaban J connectivity index is 0.00000124. The SMILES string of the molecule is C/C=C/N=C(/C=C/n1c(C)cc(C2CC2c2ccc(F)cc2)c(Cl)c1=O)c1cc2c(cc1F)C(O)C(=O)N2.CCC. The number of aliphatic hydroxyl groups excluding tert-OH is 1. The molecule has 1 amide bonds. The second-order valence-corrected chi connectivity index (χ2v) is 10.4. The molecule has 3 atom stereocenters. The number of carbonyl (C=O) groups is 1. The number of nitrogens with one attached hydrogen (secondary N) is 1. The number of aliphatic hydroxyl groups is 1. The summed E-state index contributed by atoms with van der Waals surface area (Å²) in [5.41, 5.74) is 2.68. The van der Waals surface area contributed by atoms with Crippen LogP contribution in [0.25, 0.3) is 6.20 Å². The Bertz CT molecular complexity index is 1610. The van der Waals surface area contributed by atoms with Gasteiger partial charge >= 0.3 is 0 Å². The number of rotatable bonds is 6. The maximum atomic E-state index is 15.0. The van der Waals surface area contributed by atoms with Gasteiger partial charge in [0.05, 0.1) is 5.71 Å². The first-order valence-electron chi connectivity index (χ1n) is 13.5. The van der Waals surface area contributed by atoms with E-state index in [0.717, 1.165) is 23.6 Å². The minimum atomic E-state index is -1.43. The molecule has 5 rings (SSSR count). The Morgan fingerprint density at radius 1 is 1.12 bits per heavy atom. The molecule has 3 unspecified atom stereocenters. The van der Waals surface area contributed by atoms with Crippen LogP contribution in [-0.2, 0) is 4.79 Å². The van der Waals surface area contributed by atoms with Crippen molar-refractivity contribution in [1.29, 1.82) is 0 Å². The van der Waals surface area contributed by atoms with Crippen molar-refractivity contribution in [2.24, 2.45) is 4.99 Å². The molecule has 0 radical (unpaired) electrons. The zero-order chi connectivity index (χ0) is 29.8. The van der Waals surface area contributed by atoms with E-state index in [0.29, 0.717) is 11.4 Å². The first kappa shape index (κ1) is 30.1. The van der Waals surface area contributed by atoms with Crippen molar-refractivity contribution in [3.8, 4) is 0 Å². The van der Waals surface area contributed by atoms with Crippen molar-refractivity contribution in [3.63, 3.8) is 0 Å². The van der Waals surface area contributed by atoms with E-state index in [1.165, 1.54) is 47.7 Å². The molecule has 2 aliphatic rings. The van der Waals surface area contributed by atoms with E-state index in [1.807, 2.05) is 6.07 Å². The maximum Gasteiger partial charge on any atom is 0.273 e. The summed E-state index contributed by atoms with van der Waals surface area (Å²) in [6.07, 6.45) is 6.74. The molecule has 1 aromatic heterocycles. The average Bonchev–Trinajstić information content (AvgIpc) is 3.69. The van der Waals surface area contributed by atoms with Gasteiger partial charge in [-0.1, -0.05) is 50.1 Å². The lowest BCUT2D eigenvalue weighted by Crippen LogP contribution is -2.20. The fourth-order valence-electron chi connectivity index (χ4n) is 4.78. The van der Waals surface area contributed by atoms with Gasteiger partial charge < -0.3 is 10.4 Å². The van der Waals surface area contributed by atoms with Crippen molar-refractivity contribution < 1.29 is 18.7 Å². The smallest absolute Gasteiger partial charge is 0.273 e. The van der Waals surface area contributed by atoms with Crippen LogP contribution < -0.4 is 10.9 Å². The number of fused-ring (bicyclic) bond motifs is 1. The Kier molecular flexibility index (Phi) is 9.35. The highest BCUT2D eigenvalue weighted by molar-refractivity contribution is 6.31. The van der Waals surface area contributed by atoms with E-state index in [2.05, 4.69) is 24.2 Å². The number of hydrogen-bond acceptors (Lipinski definition) is 4. The number of pyridine rings is 1. The van der Waals surface area contributed by atoms with Gasteiger partial charge in [-0.15, -0.1) is 0 Å². The molecule has 9 heteroatoms. The quantitative estimate of drug-likeness (QED) is 0.302. The van der Waals surface area contributed by atoms with Crippen LogP contribution in [0.2, 0.25) is 5.02 Å². The molecule has 0 bridgehead atoms. The summed E-state index contributed by atoms with van der Waals surface area (Å²) in [4.78, 5) is 29.3. The molecule has 2 N–H and O–H groups in total. The highest BCUT2D eigenvalue weighted by atomic mass is 35.5. The molecule has 2 heterocycles. The minimum absolute atomic E-state index is 0.0656. The highest BCUT2D eigenvalue weighted by Gasteiger charge is 2.41. The second-order valence-electron chi connectivity index (χ2n) is 10.1. The molecular weight excluding hydrogens is 548 g/mol. The first-order chi connectivity index (χ1) is 19.6. The third-order valence-corrected chi connectivity index (χ3v) is 7.23. The minimum Gasteiger partial charge on any atom is -0.378 e. The number of amides is 1. The van der Waals surface area contributed by atoms with Crippen molar-refractivity contribution in [2.45, 2.75) is 58.5 Å². The van der Waals surface area contributed by atoms with E-state index >= 15 is 4.39 Å². The van der Waals surface area contributed by atoms with Crippen molar-refractivity contribution in [2.75, 3.05) is 5.32 Å². The van der Waals surface area contributed by atoms with Crippen LogP contribution >= 0.6 is 11.6 Å². The molecule has 2 aromatic carbocycles. The fraction of sp³-hybridized carbons (Fsp3) is 0.281. The van der Waals surface area contributed by atoms with E-state index in [4.69, 9.17) is 11.6 Å². The number of anilines is 1. The molecular formula is C32H32ClF2N3O3. The van der Waals surface area contributed by atoms with E-state index < -0.39 is 23.4 Å². The van der Waals surface area contributed by atoms with E-state index in [9.17, 15) is 19.1 Å². The van der Waals surface area contributed by atoms with Gasteiger partial charge in [-0.25, -0.2) is 8.78 Å². The van der Waals surface area contributed by atoms with Gasteiger partial charge in [0.2, 0.25) is 0 Å². The summed E-state index contributed by atoms with van der Waals surface area (Å²) in [5, 5.41) is 12.6. The Morgan fingerprint density at radius 3 is 2.46 bits per heavy atom. The summed E-state index contributed by atoms with van der Waals surface area (Å²) in [6, 6.07) is 10.7. The normalized spacial score (nSPS) is 19.8. The second kappa shape index (κ2) is 12.7. The number of hydrogen-bond donors (Lipinski definition) is 2. The molecule has 0 saturated heterocycles. The van der Waals surface area contributed by atoms with Gasteiger partial charge in [0.25, 0.3) is 11.5 Å². The van der Waals surface area contributed by atoms with Crippen LogP contribution in [0.5, 0.6) is 0 Å². The zero-order valence-corrected chi connectivity index (χ0v) is 24.0. The molecule has 1 fully saturated rings. The summed E-state index contributed by atoms with van der Waals surface area (Å²) in [6.45, 7) is 7.78. The van der Waals surface area contributed by atoms with Crippen LogP contribution in [0, 0.1) is 18.6 Å². The van der Waals surface area contributed by atoms with Crippen LogP contribution in [0.15, 0.2) is 70.6 Å². The third kappa shape index (κ3) is 6.39. The zero-order valence-electron chi connectivity index (χ0n) is 23.3. The number of aryl methyl sites for hydroxylation is 1. The molecule has 3 aromatic rings. The largest absolute Gasteiger partial charge is 0.378 e. The number of allylic oxidation sites excluding steroid dienone is 2. The summed E-state index contributed by atoms with van der Waals surface area (Å²) >= 11 is 6.52. The molecule has 6 nitrogen and oxygen atoms in total. The molecule has 0 spiro atoms. The number of carbonyl (C=O) groups excluding carboxylic acids is 1. The van der Waals surface area contributed by atoms with Crippen LogP contribution in [0.3, 0.4) is 0 Å². The lowest BCUT2D eigenvalue weighted by molar-refractivity contribution is -0.123. The van der Waals surface area contributed by atoms with Gasteiger partial charge in [0, 0.05) is 34.9 Å². The molecule has 1 aliphatic heterocycles. The number of nitrogens with zero attached hydrogens (tertiary/aromatic N) is 2. The molecule has 1 aliphatic carbocycles. The molecule has 214 valence electrons. The predicted octanol–water partition coefficient (Wildman–Crippen LogP) is 7.25. The topological polar surface area (TPSA) is 83.7 Å². The molecule has 41 heavy (non-hydrogen) atoms. The third-order valence-electron chi connectivity index (χ3n) is 6.85. The molecule has 1 saturated carbocycles. The highest BCUT2D eigenvalue weighted by Crippen LogP contribution is 2.55. The first-order valence-corrected chi connectivity index (χ1v) is 13.9. The lowest BCUT2D eigenvalue weighted by atomic mass is 10.0. The fourth-order valence-corrected chi connectivity index (χ4v) is 5.07. The van der Waals surface area contributed by atoms with E-state index in [1.54, 1.807) is 32.1 Å².